The number of aliphatic imine (C=N–C) groups is 1. The Balaban J connectivity index is 1.92. The van der Waals surface area contributed by atoms with Crippen LogP contribution in [0.3, 0.4) is 0 Å². The highest BCUT2D eigenvalue weighted by atomic mass is 35.6. The van der Waals surface area contributed by atoms with E-state index in [0.29, 0.717) is 5.02 Å². The third-order valence-electron chi connectivity index (χ3n) is 3.85. The minimum atomic E-state index is -1.58. The van der Waals surface area contributed by atoms with E-state index in [4.69, 9.17) is 51.2 Å². The van der Waals surface area contributed by atoms with Gasteiger partial charge in [0.2, 0.25) is 10.0 Å². The van der Waals surface area contributed by atoms with Gasteiger partial charge in [-0.1, -0.05) is 65.0 Å². The van der Waals surface area contributed by atoms with E-state index in [-0.39, 0.29) is 5.41 Å². The lowest BCUT2D eigenvalue weighted by molar-refractivity contribution is 0.0381. The van der Waals surface area contributed by atoms with Gasteiger partial charge in [-0.2, -0.15) is 0 Å². The summed E-state index contributed by atoms with van der Waals surface area (Å²) in [5, 5.41) is 0.708. The van der Waals surface area contributed by atoms with E-state index in [1.54, 1.807) is 0 Å². The van der Waals surface area contributed by atoms with Gasteiger partial charge < -0.3 is 0 Å². The van der Waals surface area contributed by atoms with Crippen molar-refractivity contribution in [1.82, 2.24) is 5.48 Å². The number of nitrogens with zero attached hydrogens (tertiary/aromatic N) is 1. The second-order valence-electron chi connectivity index (χ2n) is 5.03. The van der Waals surface area contributed by atoms with Crippen LogP contribution in [0.25, 0.3) is 0 Å². The molecular formula is C13H12Cl4N2O. The number of hydroxylamine groups is 1. The summed E-state index contributed by atoms with van der Waals surface area (Å²) in [6, 6.07) is 7.77. The van der Waals surface area contributed by atoms with Gasteiger partial charge >= 0.3 is 0 Å². The van der Waals surface area contributed by atoms with Crippen molar-refractivity contribution in [3.63, 3.8) is 0 Å². The quantitative estimate of drug-likeness (QED) is 0.800. The Morgan fingerprint density at radius 3 is 2.30 bits per heavy atom. The molecule has 1 N–H and O–H groups in total. The molecule has 0 saturated heterocycles. The Kier molecular flexibility index (Phi) is 3.85. The second kappa shape index (κ2) is 5.22. The summed E-state index contributed by atoms with van der Waals surface area (Å²) in [6.45, 7) is 0. The molecule has 1 aromatic rings. The van der Waals surface area contributed by atoms with E-state index in [2.05, 4.69) is 10.5 Å². The largest absolute Gasteiger partial charge is 0.250 e. The molecule has 108 valence electrons. The maximum absolute atomic E-state index is 5.94. The highest BCUT2D eigenvalue weighted by Crippen LogP contribution is 2.46. The molecule has 1 saturated carbocycles. The molecule has 1 aromatic carbocycles. The molecule has 1 heterocycles. The summed E-state index contributed by atoms with van der Waals surface area (Å²) in [7, 11) is 0. The van der Waals surface area contributed by atoms with E-state index in [1.165, 1.54) is 0 Å². The van der Waals surface area contributed by atoms with E-state index in [0.717, 1.165) is 30.7 Å². The molecule has 0 radical (unpaired) electrons. The zero-order valence-electron chi connectivity index (χ0n) is 10.4. The van der Waals surface area contributed by atoms with Gasteiger partial charge in [-0.25, -0.2) is 15.3 Å². The number of hydrogen-bond donors (Lipinski definition) is 1. The molecule has 1 fully saturated rings. The monoisotopic (exact) mass is 352 g/mol. The van der Waals surface area contributed by atoms with Gasteiger partial charge in [-0.3, -0.25) is 0 Å². The van der Waals surface area contributed by atoms with Crippen LogP contribution >= 0.6 is 46.4 Å². The molecule has 7 heteroatoms. The predicted octanol–water partition coefficient (Wildman–Crippen LogP) is 4.39. The average molecular weight is 354 g/mol. The van der Waals surface area contributed by atoms with E-state index >= 15 is 0 Å². The highest BCUT2D eigenvalue weighted by Gasteiger charge is 2.48. The van der Waals surface area contributed by atoms with Crippen molar-refractivity contribution >= 4 is 52.2 Å². The van der Waals surface area contributed by atoms with Crippen molar-refractivity contribution < 1.29 is 4.84 Å². The molecule has 3 rings (SSSR count). The van der Waals surface area contributed by atoms with Crippen LogP contribution < -0.4 is 5.48 Å². The first-order valence-corrected chi connectivity index (χ1v) is 7.76. The molecule has 0 amide bonds. The fourth-order valence-electron chi connectivity index (χ4n) is 2.60. The first-order chi connectivity index (χ1) is 9.42. The second-order valence-corrected chi connectivity index (χ2v) is 7.84. The lowest BCUT2D eigenvalue weighted by atomic mass is 9.63. The number of benzene rings is 1. The average Bonchev–Trinajstić information content (AvgIpc) is 2.80. The van der Waals surface area contributed by atoms with Crippen LogP contribution in [0.1, 0.15) is 24.8 Å². The standard InChI is InChI=1S/C13H12Cl4N2O/c14-9-4-2-8(3-5-9)12(6-1-7-12)10-18-11(20-19-10)13(15,16)17/h2-5,11H,1,6-7H2,(H,18,19). The molecule has 1 unspecified atom stereocenters. The molecule has 0 bridgehead atoms. The smallest absolute Gasteiger partial charge is 0.239 e. The minimum absolute atomic E-state index is 0.185. The summed E-state index contributed by atoms with van der Waals surface area (Å²) < 4.78 is -1.58. The van der Waals surface area contributed by atoms with Crippen molar-refractivity contribution in [1.29, 1.82) is 0 Å². The Labute approximate surface area is 137 Å². The van der Waals surface area contributed by atoms with Crippen LogP contribution in [-0.4, -0.2) is 15.9 Å². The summed E-state index contributed by atoms with van der Waals surface area (Å²) in [4.78, 5) is 9.69. The van der Waals surface area contributed by atoms with Gasteiger partial charge in [-0.05, 0) is 30.5 Å². The van der Waals surface area contributed by atoms with E-state index in [9.17, 15) is 0 Å². The Morgan fingerprint density at radius 2 is 1.85 bits per heavy atom. The minimum Gasteiger partial charge on any atom is -0.250 e. The number of amidine groups is 1. The maximum atomic E-state index is 5.94. The van der Waals surface area contributed by atoms with Crippen LogP contribution in [0.2, 0.25) is 5.02 Å². The van der Waals surface area contributed by atoms with Crippen LogP contribution in [0.5, 0.6) is 0 Å². The first-order valence-electron chi connectivity index (χ1n) is 6.24. The van der Waals surface area contributed by atoms with Crippen molar-refractivity contribution in [2.75, 3.05) is 0 Å². The molecule has 1 atom stereocenters. The molecule has 1 aliphatic carbocycles. The van der Waals surface area contributed by atoms with Gasteiger partial charge in [-0.15, -0.1) is 0 Å². The van der Waals surface area contributed by atoms with Gasteiger partial charge in [0.15, 0.2) is 0 Å². The van der Waals surface area contributed by atoms with Crippen LogP contribution in [0.15, 0.2) is 29.3 Å². The number of nitrogens with one attached hydrogen (secondary N) is 1. The zero-order valence-corrected chi connectivity index (χ0v) is 13.4. The third-order valence-corrected chi connectivity index (χ3v) is 4.66. The van der Waals surface area contributed by atoms with Crippen molar-refractivity contribution in [2.24, 2.45) is 4.99 Å². The van der Waals surface area contributed by atoms with Gasteiger partial charge in [0, 0.05) is 5.02 Å². The normalized spacial score (nSPS) is 24.8. The molecular weight excluding hydrogens is 342 g/mol. The fourth-order valence-corrected chi connectivity index (χ4v) is 3.01. The Hall–Kier alpha value is -0.190. The van der Waals surface area contributed by atoms with Gasteiger partial charge in [0.05, 0.1) is 5.41 Å². The van der Waals surface area contributed by atoms with Crippen LogP contribution in [-0.2, 0) is 10.3 Å². The van der Waals surface area contributed by atoms with E-state index < -0.39 is 10.0 Å². The first kappa shape index (κ1) is 14.7. The Bertz CT molecular complexity index is 534. The molecule has 2 aliphatic rings. The van der Waals surface area contributed by atoms with Gasteiger partial charge in [0.1, 0.15) is 5.84 Å². The Morgan fingerprint density at radius 1 is 1.20 bits per heavy atom. The number of halogens is 4. The molecule has 0 spiro atoms. The summed E-state index contributed by atoms with van der Waals surface area (Å²) in [5.74, 6) is 0.724. The third kappa shape index (κ3) is 2.51. The number of alkyl halides is 3. The van der Waals surface area contributed by atoms with Gasteiger partial charge in [0.25, 0.3) is 0 Å². The lowest BCUT2D eigenvalue weighted by Crippen LogP contribution is -2.47. The number of hydrogen-bond acceptors (Lipinski definition) is 3. The van der Waals surface area contributed by atoms with Crippen molar-refractivity contribution in [3.05, 3.63) is 34.9 Å². The summed E-state index contributed by atoms with van der Waals surface area (Å²) in [6.07, 6.45) is 2.27. The SMILES string of the molecule is Clc1ccc(C2(C3=NC(C(Cl)(Cl)Cl)ON3)CCC2)cc1. The fraction of sp³-hybridized carbons (Fsp3) is 0.462. The van der Waals surface area contributed by atoms with E-state index in [1.807, 2.05) is 24.3 Å². The van der Waals surface area contributed by atoms with Crippen molar-refractivity contribution in [3.8, 4) is 0 Å². The van der Waals surface area contributed by atoms with Crippen molar-refractivity contribution in [2.45, 2.75) is 34.7 Å². The highest BCUT2D eigenvalue weighted by molar-refractivity contribution is 6.68. The number of rotatable bonds is 2. The molecule has 20 heavy (non-hydrogen) atoms. The van der Waals surface area contributed by atoms with Crippen LogP contribution in [0.4, 0.5) is 0 Å². The molecule has 0 aromatic heterocycles. The van der Waals surface area contributed by atoms with Crippen LogP contribution in [0, 0.1) is 0 Å². The summed E-state index contributed by atoms with van der Waals surface area (Å²) in [5.41, 5.74) is 3.79. The predicted molar refractivity (Wildman–Crippen MR) is 82.7 cm³/mol. The maximum Gasteiger partial charge on any atom is 0.239 e. The zero-order chi connectivity index (χ0) is 14.4. The summed E-state index contributed by atoms with van der Waals surface area (Å²) >= 11 is 23.4. The molecule has 1 aliphatic heterocycles. The molecule has 3 nitrogen and oxygen atoms in total. The topological polar surface area (TPSA) is 33.6 Å². The lowest BCUT2D eigenvalue weighted by Gasteiger charge is -2.41.